The zero-order chi connectivity index (χ0) is 19.5. The van der Waals surface area contributed by atoms with Crippen LogP contribution < -0.4 is 16.0 Å². The lowest BCUT2D eigenvalue weighted by Crippen LogP contribution is -2.36. The summed E-state index contributed by atoms with van der Waals surface area (Å²) >= 11 is 0. The Morgan fingerprint density at radius 2 is 2.04 bits per heavy atom. The maximum Gasteiger partial charge on any atom is 0.258 e. The van der Waals surface area contributed by atoms with Crippen molar-refractivity contribution in [2.24, 2.45) is 0 Å². The van der Waals surface area contributed by atoms with Gasteiger partial charge in [0.15, 0.2) is 0 Å². The van der Waals surface area contributed by atoms with Gasteiger partial charge in [0.2, 0.25) is 5.95 Å². The molecule has 0 unspecified atom stereocenters. The number of fused-ring (bicyclic) bond motifs is 1. The predicted octanol–water partition coefficient (Wildman–Crippen LogP) is 2.60. The van der Waals surface area contributed by atoms with Gasteiger partial charge in [-0.15, -0.1) is 0 Å². The highest BCUT2D eigenvalue weighted by molar-refractivity contribution is 6.06. The molecule has 1 saturated heterocycles. The third-order valence-corrected chi connectivity index (χ3v) is 5.22. The molecule has 7 nitrogen and oxygen atoms in total. The quantitative estimate of drug-likeness (QED) is 0.664. The van der Waals surface area contributed by atoms with Crippen molar-refractivity contribution in [2.75, 3.05) is 43.5 Å². The van der Waals surface area contributed by atoms with Gasteiger partial charge >= 0.3 is 0 Å². The Labute approximate surface area is 163 Å². The van der Waals surface area contributed by atoms with Crippen LogP contribution in [0.1, 0.15) is 35.2 Å². The first kappa shape index (κ1) is 18.6. The lowest BCUT2D eigenvalue weighted by atomic mass is 10.0. The van der Waals surface area contributed by atoms with Crippen molar-refractivity contribution < 1.29 is 9.18 Å². The molecule has 2 aliphatic rings. The number of benzene rings is 1. The van der Waals surface area contributed by atoms with Crippen LogP contribution in [0.3, 0.4) is 0 Å². The summed E-state index contributed by atoms with van der Waals surface area (Å²) in [5.74, 6) is 0.431. The Kier molecular flexibility index (Phi) is 5.38. The first-order valence-corrected chi connectivity index (χ1v) is 9.78. The SMILES string of the molecule is Cc1cc(F)ccc1-c1nc(NCCCN2CCCC2)nc2c1C(=O)NCN2. The number of nitrogens with zero attached hydrogens (tertiary/aromatic N) is 3. The number of aromatic nitrogens is 2. The van der Waals surface area contributed by atoms with Crippen molar-refractivity contribution in [1.29, 1.82) is 0 Å². The normalized spacial score (nSPS) is 16.4. The smallest absolute Gasteiger partial charge is 0.258 e. The minimum Gasteiger partial charge on any atom is -0.354 e. The summed E-state index contributed by atoms with van der Waals surface area (Å²) in [7, 11) is 0. The van der Waals surface area contributed by atoms with Crippen molar-refractivity contribution in [3.63, 3.8) is 0 Å². The molecule has 3 N–H and O–H groups in total. The molecular formula is C20H25FN6O. The van der Waals surface area contributed by atoms with E-state index in [1.54, 1.807) is 6.07 Å². The van der Waals surface area contributed by atoms with Crippen molar-refractivity contribution in [1.82, 2.24) is 20.2 Å². The van der Waals surface area contributed by atoms with Gasteiger partial charge < -0.3 is 20.9 Å². The highest BCUT2D eigenvalue weighted by atomic mass is 19.1. The number of carbonyl (C=O) groups is 1. The van der Waals surface area contributed by atoms with E-state index in [1.165, 1.54) is 38.1 Å². The molecule has 0 saturated carbocycles. The monoisotopic (exact) mass is 384 g/mol. The van der Waals surface area contributed by atoms with Crippen LogP contribution in [0, 0.1) is 12.7 Å². The van der Waals surface area contributed by atoms with Crippen molar-refractivity contribution in [3.8, 4) is 11.3 Å². The second-order valence-electron chi connectivity index (χ2n) is 7.27. The van der Waals surface area contributed by atoms with E-state index in [1.807, 2.05) is 6.92 Å². The van der Waals surface area contributed by atoms with E-state index in [0.717, 1.165) is 30.6 Å². The summed E-state index contributed by atoms with van der Waals surface area (Å²) in [6, 6.07) is 4.49. The molecule has 1 amide bonds. The number of halogens is 1. The maximum absolute atomic E-state index is 13.6. The zero-order valence-corrected chi connectivity index (χ0v) is 16.0. The van der Waals surface area contributed by atoms with Gasteiger partial charge in [0.1, 0.15) is 17.2 Å². The summed E-state index contributed by atoms with van der Waals surface area (Å²) in [6.07, 6.45) is 3.57. The third-order valence-electron chi connectivity index (χ3n) is 5.22. The molecule has 8 heteroatoms. The van der Waals surface area contributed by atoms with E-state index in [-0.39, 0.29) is 11.7 Å². The predicted molar refractivity (Wildman–Crippen MR) is 107 cm³/mol. The Bertz CT molecular complexity index is 881. The van der Waals surface area contributed by atoms with Crippen LogP contribution >= 0.6 is 0 Å². The van der Waals surface area contributed by atoms with Gasteiger partial charge in [-0.25, -0.2) is 9.37 Å². The van der Waals surface area contributed by atoms with Crippen molar-refractivity contribution in [3.05, 3.63) is 35.1 Å². The molecule has 1 aromatic carbocycles. The molecule has 0 spiro atoms. The Hall–Kier alpha value is -2.74. The van der Waals surface area contributed by atoms with E-state index >= 15 is 0 Å². The molecule has 0 bridgehead atoms. The number of nitrogens with one attached hydrogen (secondary N) is 3. The summed E-state index contributed by atoms with van der Waals surface area (Å²) < 4.78 is 13.6. The van der Waals surface area contributed by atoms with E-state index < -0.39 is 0 Å². The standard InChI is InChI=1S/C20H25FN6O/c1-13-11-14(21)5-6-15(13)17-16-18(23-12-24-19(16)28)26-20(25-17)22-7-4-10-27-8-2-3-9-27/h5-6,11H,2-4,7-10,12H2,1H3,(H,24,28)(H2,22,23,25,26). The number of amides is 1. The minimum absolute atomic E-state index is 0.229. The lowest BCUT2D eigenvalue weighted by molar-refractivity contribution is 0.0952. The Balaban J connectivity index is 1.58. The van der Waals surface area contributed by atoms with Gasteiger partial charge in [0.25, 0.3) is 5.91 Å². The summed E-state index contributed by atoms with van der Waals surface area (Å²) in [6.45, 7) is 6.31. The largest absolute Gasteiger partial charge is 0.354 e. The fourth-order valence-electron chi connectivity index (χ4n) is 3.78. The molecule has 0 radical (unpaired) electrons. The highest BCUT2D eigenvalue weighted by Crippen LogP contribution is 2.31. The van der Waals surface area contributed by atoms with Crippen LogP contribution in [0.4, 0.5) is 16.2 Å². The molecule has 2 aromatic rings. The topological polar surface area (TPSA) is 82.2 Å². The van der Waals surface area contributed by atoms with Crippen molar-refractivity contribution >= 4 is 17.7 Å². The molecule has 3 heterocycles. The number of likely N-dealkylation sites (tertiary alicyclic amines) is 1. The summed E-state index contributed by atoms with van der Waals surface area (Å²) in [5.41, 5.74) is 2.34. The lowest BCUT2D eigenvalue weighted by Gasteiger charge is -2.22. The summed E-state index contributed by atoms with van der Waals surface area (Å²) in [5, 5.41) is 9.14. The first-order chi connectivity index (χ1) is 13.6. The van der Waals surface area contributed by atoms with Gasteiger partial charge in [0.05, 0.1) is 12.4 Å². The molecule has 4 rings (SSSR count). The van der Waals surface area contributed by atoms with Crippen molar-refractivity contribution in [2.45, 2.75) is 26.2 Å². The number of anilines is 2. The number of aryl methyl sites for hydroxylation is 1. The van der Waals surface area contributed by atoms with E-state index in [0.29, 0.717) is 29.7 Å². The second-order valence-corrected chi connectivity index (χ2v) is 7.27. The third kappa shape index (κ3) is 3.91. The van der Waals surface area contributed by atoms with Gasteiger partial charge in [0, 0.05) is 12.1 Å². The number of carbonyl (C=O) groups excluding carboxylic acids is 1. The van der Waals surface area contributed by atoms with Gasteiger partial charge in [-0.05, 0) is 69.6 Å². The second kappa shape index (κ2) is 8.10. The number of hydrogen-bond acceptors (Lipinski definition) is 6. The zero-order valence-electron chi connectivity index (χ0n) is 16.0. The highest BCUT2D eigenvalue weighted by Gasteiger charge is 2.26. The molecule has 148 valence electrons. The minimum atomic E-state index is -0.313. The van der Waals surface area contributed by atoms with Crippen LogP contribution in [0.5, 0.6) is 0 Å². The average molecular weight is 384 g/mol. The Morgan fingerprint density at radius 1 is 1.21 bits per heavy atom. The average Bonchev–Trinajstić information content (AvgIpc) is 3.18. The number of hydrogen-bond donors (Lipinski definition) is 3. The van der Waals surface area contributed by atoms with Gasteiger partial charge in [-0.2, -0.15) is 4.98 Å². The van der Waals surface area contributed by atoms with Crippen LogP contribution in [-0.2, 0) is 0 Å². The number of rotatable bonds is 6. The van der Waals surface area contributed by atoms with E-state index in [2.05, 4.69) is 30.8 Å². The van der Waals surface area contributed by atoms with Gasteiger partial charge in [-0.3, -0.25) is 4.79 Å². The fourth-order valence-corrected chi connectivity index (χ4v) is 3.78. The summed E-state index contributed by atoms with van der Waals surface area (Å²) in [4.78, 5) is 24.0. The van der Waals surface area contributed by atoms with E-state index in [9.17, 15) is 9.18 Å². The van der Waals surface area contributed by atoms with Crippen LogP contribution in [-0.4, -0.2) is 53.6 Å². The van der Waals surface area contributed by atoms with Crippen LogP contribution in [0.2, 0.25) is 0 Å². The Morgan fingerprint density at radius 3 is 2.82 bits per heavy atom. The van der Waals surface area contributed by atoms with E-state index in [4.69, 9.17) is 0 Å². The first-order valence-electron chi connectivity index (χ1n) is 9.78. The molecular weight excluding hydrogens is 359 g/mol. The molecule has 28 heavy (non-hydrogen) atoms. The van der Waals surface area contributed by atoms with Gasteiger partial charge in [-0.1, -0.05) is 0 Å². The van der Waals surface area contributed by atoms with Crippen LogP contribution in [0.15, 0.2) is 18.2 Å². The molecule has 0 atom stereocenters. The fraction of sp³-hybridized carbons (Fsp3) is 0.450. The maximum atomic E-state index is 13.6. The molecule has 0 aliphatic carbocycles. The van der Waals surface area contributed by atoms with Crippen LogP contribution in [0.25, 0.3) is 11.3 Å². The molecule has 1 fully saturated rings. The molecule has 2 aliphatic heterocycles. The molecule has 1 aromatic heterocycles.